The van der Waals surface area contributed by atoms with Crippen LogP contribution in [0.15, 0.2) is 277 Å². The smallest absolute Gasteiger partial charge is 0.136 e. The molecule has 0 radical (unpaired) electrons. The summed E-state index contributed by atoms with van der Waals surface area (Å²) in [5.74, 6) is 0. The van der Waals surface area contributed by atoms with Gasteiger partial charge < -0.3 is 9.32 Å². The van der Waals surface area contributed by atoms with Gasteiger partial charge in [-0.2, -0.15) is 0 Å². The molecule has 0 fully saturated rings. The molecule has 2 nitrogen and oxygen atoms in total. The van der Waals surface area contributed by atoms with Crippen LogP contribution in [0.1, 0.15) is 22.3 Å². The molecule has 0 bridgehead atoms. The van der Waals surface area contributed by atoms with Gasteiger partial charge in [-0.1, -0.05) is 212 Å². The highest BCUT2D eigenvalue weighted by atomic mass is 16.3. The molecule has 1 unspecified atom stereocenters. The van der Waals surface area contributed by atoms with E-state index < -0.39 is 5.41 Å². The van der Waals surface area contributed by atoms with Crippen molar-refractivity contribution in [1.29, 1.82) is 0 Å². The Hall–Kier alpha value is -8.98. The van der Waals surface area contributed by atoms with Crippen LogP contribution in [0.3, 0.4) is 0 Å². The van der Waals surface area contributed by atoms with Gasteiger partial charge in [-0.15, -0.1) is 0 Å². The highest BCUT2D eigenvalue weighted by Gasteiger charge is 2.47. The molecule has 0 aliphatic heterocycles. The topological polar surface area (TPSA) is 16.4 Å². The Morgan fingerprint density at radius 2 is 0.768 bits per heavy atom. The molecule has 0 N–H and O–H groups in total. The number of furan rings is 1. The number of para-hydroxylation sites is 1. The summed E-state index contributed by atoms with van der Waals surface area (Å²) < 4.78 is 6.33. The van der Waals surface area contributed by atoms with E-state index in [2.05, 4.69) is 266 Å². The van der Waals surface area contributed by atoms with Crippen molar-refractivity contribution in [3.8, 4) is 55.6 Å². The van der Waals surface area contributed by atoms with Crippen molar-refractivity contribution in [1.82, 2.24) is 0 Å². The fraction of sp³-hybridized carbons (Fsp3) is 0.0149. The van der Waals surface area contributed by atoms with Gasteiger partial charge in [0.15, 0.2) is 0 Å². The summed E-state index contributed by atoms with van der Waals surface area (Å²) in [5.41, 5.74) is 21.2. The van der Waals surface area contributed by atoms with E-state index in [0.29, 0.717) is 0 Å². The molecule has 69 heavy (non-hydrogen) atoms. The molecule has 11 aromatic carbocycles. The van der Waals surface area contributed by atoms with Crippen LogP contribution in [-0.4, -0.2) is 0 Å². The Balaban J connectivity index is 1.03. The van der Waals surface area contributed by atoms with Crippen LogP contribution in [0.2, 0.25) is 0 Å². The van der Waals surface area contributed by atoms with Crippen LogP contribution in [0.4, 0.5) is 17.1 Å². The highest BCUT2D eigenvalue weighted by Crippen LogP contribution is 2.59. The van der Waals surface area contributed by atoms with Gasteiger partial charge in [0.1, 0.15) is 11.2 Å². The van der Waals surface area contributed by atoms with E-state index in [1.54, 1.807) is 0 Å². The first kappa shape index (κ1) is 40.3. The number of benzene rings is 11. The van der Waals surface area contributed by atoms with Gasteiger partial charge in [-0.3, -0.25) is 0 Å². The van der Waals surface area contributed by atoms with E-state index in [1.165, 1.54) is 66.8 Å². The Bertz CT molecular complexity index is 3800. The summed E-state index contributed by atoms with van der Waals surface area (Å²) in [6.07, 6.45) is 0. The van der Waals surface area contributed by atoms with Gasteiger partial charge in [0, 0.05) is 27.8 Å². The monoisotopic (exact) mass is 879 g/mol. The normalized spacial score (nSPS) is 13.9. The van der Waals surface area contributed by atoms with E-state index in [-0.39, 0.29) is 0 Å². The second-order valence-corrected chi connectivity index (χ2v) is 18.0. The predicted octanol–water partition coefficient (Wildman–Crippen LogP) is 18.1. The van der Waals surface area contributed by atoms with Gasteiger partial charge in [0.2, 0.25) is 0 Å². The van der Waals surface area contributed by atoms with Gasteiger partial charge in [-0.25, -0.2) is 0 Å². The van der Waals surface area contributed by atoms with Gasteiger partial charge in [0.25, 0.3) is 0 Å². The second-order valence-electron chi connectivity index (χ2n) is 18.0. The van der Waals surface area contributed by atoms with E-state index in [0.717, 1.165) is 50.1 Å². The third kappa shape index (κ3) is 6.80. The molecule has 0 saturated carbocycles. The van der Waals surface area contributed by atoms with Crippen molar-refractivity contribution >= 4 is 39.0 Å². The molecule has 0 spiro atoms. The Morgan fingerprint density at radius 1 is 0.275 bits per heavy atom. The van der Waals surface area contributed by atoms with Crippen LogP contribution < -0.4 is 4.90 Å². The number of hydrogen-bond donors (Lipinski definition) is 0. The summed E-state index contributed by atoms with van der Waals surface area (Å²) in [6, 6.07) is 99.5. The third-order valence-corrected chi connectivity index (χ3v) is 14.2. The quantitative estimate of drug-likeness (QED) is 0.144. The van der Waals surface area contributed by atoms with Crippen LogP contribution in [0.25, 0.3) is 77.6 Å². The van der Waals surface area contributed by atoms with E-state index in [9.17, 15) is 0 Å². The van der Waals surface area contributed by atoms with Crippen LogP contribution in [0, 0.1) is 0 Å². The highest BCUT2D eigenvalue weighted by molar-refractivity contribution is 6.06. The van der Waals surface area contributed by atoms with E-state index in [1.807, 2.05) is 12.1 Å². The lowest BCUT2D eigenvalue weighted by atomic mass is 9.67. The Kier molecular flexibility index (Phi) is 9.77. The first-order valence-corrected chi connectivity index (χ1v) is 23.7. The lowest BCUT2D eigenvalue weighted by Gasteiger charge is -2.35. The summed E-state index contributed by atoms with van der Waals surface area (Å²) >= 11 is 0. The second kappa shape index (κ2) is 16.7. The summed E-state index contributed by atoms with van der Waals surface area (Å²) in [4.78, 5) is 2.42. The molecular weight excluding hydrogens is 835 g/mol. The minimum Gasteiger partial charge on any atom is -0.456 e. The lowest BCUT2D eigenvalue weighted by molar-refractivity contribution is 0.669. The zero-order valence-corrected chi connectivity index (χ0v) is 37.8. The maximum atomic E-state index is 6.33. The number of nitrogens with zero attached hydrogens (tertiary/aromatic N) is 1. The van der Waals surface area contributed by atoms with Crippen molar-refractivity contribution in [3.05, 3.63) is 295 Å². The molecule has 1 atom stereocenters. The zero-order valence-electron chi connectivity index (χ0n) is 37.8. The fourth-order valence-electron chi connectivity index (χ4n) is 11.0. The zero-order chi connectivity index (χ0) is 45.7. The third-order valence-electron chi connectivity index (χ3n) is 14.2. The molecule has 1 aromatic heterocycles. The Labute approximate surface area is 402 Å². The minimum absolute atomic E-state index is 0.653. The standard InChI is InChI=1S/C67H45NO/c1-5-17-46(18-6-1)48-31-36-55(37-32-48)68(56-38-33-49(34-39-56)52-35-41-60-59-27-13-14-30-64(59)69-65(60)44-52)57-40-42-61-63(45-57)67(53-24-11-4-12-25-53,54-26-15-23-51(43-54)47-19-7-2-8-20-47)62-29-16-28-58(66(61)62)50-21-9-3-10-22-50/h1-45H. The summed E-state index contributed by atoms with van der Waals surface area (Å²) in [6.45, 7) is 0. The molecule has 324 valence electrons. The summed E-state index contributed by atoms with van der Waals surface area (Å²) in [5, 5.41) is 2.27. The molecule has 0 saturated heterocycles. The van der Waals surface area contributed by atoms with Crippen LogP contribution in [-0.2, 0) is 5.41 Å². The number of anilines is 3. The van der Waals surface area contributed by atoms with Crippen molar-refractivity contribution in [2.45, 2.75) is 5.41 Å². The SMILES string of the molecule is c1ccc(-c2ccc(N(c3ccc(-c4ccc5c(c4)oc4ccccc45)cc3)c3ccc4c(c3)C(c3ccccc3)(c3cccc(-c5ccccc5)c3)c3cccc(-c5ccccc5)c3-4)cc2)cc1. The average Bonchev–Trinajstić information content (AvgIpc) is 3.96. The van der Waals surface area contributed by atoms with Gasteiger partial charge in [0.05, 0.1) is 5.41 Å². The van der Waals surface area contributed by atoms with Crippen LogP contribution in [0.5, 0.6) is 0 Å². The molecule has 2 heteroatoms. The lowest BCUT2D eigenvalue weighted by Crippen LogP contribution is -2.29. The number of rotatable bonds is 9. The fourth-order valence-corrected chi connectivity index (χ4v) is 11.0. The number of fused-ring (bicyclic) bond motifs is 6. The molecule has 1 aliphatic carbocycles. The van der Waals surface area contributed by atoms with Gasteiger partial charge >= 0.3 is 0 Å². The summed E-state index contributed by atoms with van der Waals surface area (Å²) in [7, 11) is 0. The molecule has 1 heterocycles. The van der Waals surface area contributed by atoms with E-state index in [4.69, 9.17) is 4.42 Å². The van der Waals surface area contributed by atoms with Crippen molar-refractivity contribution in [3.63, 3.8) is 0 Å². The molecular formula is C67H45NO. The largest absolute Gasteiger partial charge is 0.456 e. The predicted molar refractivity (Wildman–Crippen MR) is 287 cm³/mol. The number of hydrogen-bond acceptors (Lipinski definition) is 2. The first-order chi connectivity index (χ1) is 34.2. The van der Waals surface area contributed by atoms with Crippen molar-refractivity contribution < 1.29 is 4.42 Å². The Morgan fingerprint density at radius 3 is 1.46 bits per heavy atom. The van der Waals surface area contributed by atoms with Crippen molar-refractivity contribution in [2.75, 3.05) is 4.90 Å². The van der Waals surface area contributed by atoms with Crippen molar-refractivity contribution in [2.24, 2.45) is 0 Å². The molecule has 12 aromatic rings. The first-order valence-electron chi connectivity index (χ1n) is 23.7. The minimum atomic E-state index is -0.653. The average molecular weight is 880 g/mol. The maximum absolute atomic E-state index is 6.33. The molecule has 1 aliphatic rings. The van der Waals surface area contributed by atoms with E-state index >= 15 is 0 Å². The molecule has 13 rings (SSSR count). The maximum Gasteiger partial charge on any atom is 0.136 e. The van der Waals surface area contributed by atoms with Crippen LogP contribution >= 0.6 is 0 Å². The molecule has 0 amide bonds. The van der Waals surface area contributed by atoms with Gasteiger partial charge in [-0.05, 0) is 139 Å².